The van der Waals surface area contributed by atoms with Gasteiger partial charge >= 0.3 is 0 Å². The predicted molar refractivity (Wildman–Crippen MR) is 236 cm³/mol. The average Bonchev–Trinajstić information content (AvgIpc) is 3.91. The van der Waals surface area contributed by atoms with Crippen LogP contribution in [0.2, 0.25) is 0 Å². The van der Waals surface area contributed by atoms with Gasteiger partial charge in [0.1, 0.15) is 11.2 Å². The normalized spacial score (nSPS) is 16.0. The van der Waals surface area contributed by atoms with Crippen molar-refractivity contribution in [2.45, 2.75) is 18.8 Å². The maximum absolute atomic E-state index is 6.81. The molecule has 3 heterocycles. The summed E-state index contributed by atoms with van der Waals surface area (Å²) in [4.78, 5) is 2.40. The number of allylic oxidation sites excluding steroid dienone is 3. The molecule has 3 nitrogen and oxygen atoms in total. The Morgan fingerprint density at radius 1 is 0.571 bits per heavy atom. The SMILES string of the molecule is CC1(c2ccccc2)C=CC(N(c2ccccc2)c2ccccc2-c2ccc3c(c2)oc2cc4c(ccc5c4c4cccc6c7ccccc7n5c64)cc23)=CC1. The Morgan fingerprint density at radius 2 is 1.32 bits per heavy atom. The van der Waals surface area contributed by atoms with Gasteiger partial charge in [-0.15, -0.1) is 0 Å². The molecule has 12 rings (SSSR count). The third-order valence-electron chi connectivity index (χ3n) is 12.3. The second-order valence-corrected chi connectivity index (χ2v) is 15.5. The molecule has 0 aliphatic heterocycles. The lowest BCUT2D eigenvalue weighted by atomic mass is 9.77. The van der Waals surface area contributed by atoms with E-state index in [4.69, 9.17) is 4.42 Å². The number of rotatable bonds is 5. The summed E-state index contributed by atoms with van der Waals surface area (Å²) >= 11 is 0. The number of aromatic nitrogens is 1. The number of nitrogens with zero attached hydrogens (tertiary/aromatic N) is 2. The van der Waals surface area contributed by atoms with E-state index < -0.39 is 0 Å². The van der Waals surface area contributed by atoms with Crippen LogP contribution < -0.4 is 4.90 Å². The fourth-order valence-electron chi connectivity index (χ4n) is 9.53. The van der Waals surface area contributed by atoms with E-state index in [1.54, 1.807) is 0 Å². The lowest BCUT2D eigenvalue weighted by Gasteiger charge is -2.34. The first kappa shape index (κ1) is 31.3. The summed E-state index contributed by atoms with van der Waals surface area (Å²) in [5, 5.41) is 9.86. The summed E-state index contributed by atoms with van der Waals surface area (Å²) < 4.78 is 9.25. The van der Waals surface area contributed by atoms with Crippen LogP contribution in [0.1, 0.15) is 18.9 Å². The molecule has 56 heavy (non-hydrogen) atoms. The molecule has 1 aliphatic carbocycles. The van der Waals surface area contributed by atoms with Crippen LogP contribution in [0.25, 0.3) is 81.9 Å². The zero-order valence-electron chi connectivity index (χ0n) is 30.9. The van der Waals surface area contributed by atoms with Crippen LogP contribution in [0.3, 0.4) is 0 Å². The molecule has 0 amide bonds. The first-order valence-corrected chi connectivity index (χ1v) is 19.5. The number of fused-ring (bicyclic) bond motifs is 11. The summed E-state index contributed by atoms with van der Waals surface area (Å²) in [6, 6.07) is 61.6. The highest BCUT2D eigenvalue weighted by atomic mass is 16.3. The van der Waals surface area contributed by atoms with Crippen LogP contribution in [0.15, 0.2) is 198 Å². The molecular weight excluding hydrogens is 681 g/mol. The average molecular weight is 717 g/mol. The van der Waals surface area contributed by atoms with Crippen molar-refractivity contribution in [1.29, 1.82) is 0 Å². The van der Waals surface area contributed by atoms with Gasteiger partial charge in [-0.2, -0.15) is 0 Å². The predicted octanol–water partition coefficient (Wildman–Crippen LogP) is 14.5. The summed E-state index contributed by atoms with van der Waals surface area (Å²) in [5.74, 6) is 0. The quantitative estimate of drug-likeness (QED) is 0.177. The van der Waals surface area contributed by atoms with Gasteiger partial charge < -0.3 is 13.7 Å². The Bertz CT molecular complexity index is 3400. The van der Waals surface area contributed by atoms with Gasteiger partial charge in [-0.1, -0.05) is 134 Å². The maximum atomic E-state index is 6.81. The van der Waals surface area contributed by atoms with E-state index in [2.05, 4.69) is 204 Å². The van der Waals surface area contributed by atoms with E-state index in [1.807, 2.05) is 0 Å². The van der Waals surface area contributed by atoms with Crippen LogP contribution in [-0.2, 0) is 5.41 Å². The monoisotopic (exact) mass is 716 g/mol. The Labute approximate surface area is 324 Å². The standard InChI is InChI=1S/C53H36N2O/c1-53(36-13-4-2-5-14-36)29-27-38(28-30-53)54(37-15-6-3-7-16-37)46-21-10-8-17-39(46)35-23-25-41-45-31-34-24-26-48-51(44(34)33-50(45)56-49(41)32-35)43-20-12-19-42-40-18-9-11-22-47(40)55(48)52(42)43/h2-29,31-33H,30H2,1H3. The lowest BCUT2D eigenvalue weighted by Crippen LogP contribution is -2.24. The number of furan rings is 1. The van der Waals surface area contributed by atoms with Gasteiger partial charge in [0.2, 0.25) is 0 Å². The van der Waals surface area contributed by atoms with Crippen molar-refractivity contribution < 1.29 is 4.42 Å². The van der Waals surface area contributed by atoms with Crippen molar-refractivity contribution in [3.05, 3.63) is 199 Å². The molecule has 264 valence electrons. The molecule has 1 aliphatic rings. The largest absolute Gasteiger partial charge is 0.456 e. The Balaban J connectivity index is 0.996. The number of hydrogen-bond acceptors (Lipinski definition) is 2. The molecular formula is C53H36N2O. The van der Waals surface area contributed by atoms with E-state index in [9.17, 15) is 0 Å². The van der Waals surface area contributed by atoms with E-state index in [0.29, 0.717) is 0 Å². The molecule has 0 saturated heterocycles. The molecule has 8 aromatic carbocycles. The van der Waals surface area contributed by atoms with Crippen molar-refractivity contribution in [2.24, 2.45) is 0 Å². The summed E-state index contributed by atoms with van der Waals surface area (Å²) in [5.41, 5.74) is 12.5. The molecule has 0 saturated carbocycles. The van der Waals surface area contributed by atoms with Crippen LogP contribution in [0.5, 0.6) is 0 Å². The molecule has 0 radical (unpaired) electrons. The smallest absolute Gasteiger partial charge is 0.136 e. The Kier molecular flexibility index (Phi) is 6.53. The van der Waals surface area contributed by atoms with Gasteiger partial charge in [0.05, 0.1) is 22.2 Å². The molecule has 0 spiro atoms. The fraction of sp³-hybridized carbons (Fsp3) is 0.0566. The lowest BCUT2D eigenvalue weighted by molar-refractivity contribution is 0.595. The van der Waals surface area contributed by atoms with E-state index >= 15 is 0 Å². The van der Waals surface area contributed by atoms with Gasteiger partial charge in [0.15, 0.2) is 0 Å². The van der Waals surface area contributed by atoms with E-state index in [-0.39, 0.29) is 5.41 Å². The topological polar surface area (TPSA) is 20.8 Å². The van der Waals surface area contributed by atoms with Crippen LogP contribution >= 0.6 is 0 Å². The third kappa shape index (κ3) is 4.46. The highest BCUT2D eigenvalue weighted by molar-refractivity contribution is 6.29. The minimum absolute atomic E-state index is 0.0591. The van der Waals surface area contributed by atoms with Crippen LogP contribution in [-0.4, -0.2) is 4.40 Å². The van der Waals surface area contributed by atoms with Crippen molar-refractivity contribution in [1.82, 2.24) is 4.40 Å². The Hall–Kier alpha value is -7.10. The minimum atomic E-state index is -0.0591. The molecule has 3 aromatic heterocycles. The van der Waals surface area contributed by atoms with Gasteiger partial charge in [0, 0.05) is 54.7 Å². The third-order valence-corrected chi connectivity index (χ3v) is 12.3. The zero-order chi connectivity index (χ0) is 37.0. The number of anilines is 2. The maximum Gasteiger partial charge on any atom is 0.136 e. The van der Waals surface area contributed by atoms with Gasteiger partial charge in [-0.25, -0.2) is 0 Å². The van der Waals surface area contributed by atoms with Gasteiger partial charge in [0.25, 0.3) is 0 Å². The second kappa shape index (κ2) is 11.7. The molecule has 11 aromatic rings. The van der Waals surface area contributed by atoms with Gasteiger partial charge in [-0.3, -0.25) is 0 Å². The van der Waals surface area contributed by atoms with Crippen molar-refractivity contribution >= 4 is 82.2 Å². The van der Waals surface area contributed by atoms with Crippen LogP contribution in [0.4, 0.5) is 11.4 Å². The summed E-state index contributed by atoms with van der Waals surface area (Å²) in [6.07, 6.45) is 7.97. The molecule has 3 heteroatoms. The summed E-state index contributed by atoms with van der Waals surface area (Å²) in [6.45, 7) is 2.33. The number of benzene rings is 8. The highest BCUT2D eigenvalue weighted by Gasteiger charge is 2.28. The first-order valence-electron chi connectivity index (χ1n) is 19.5. The van der Waals surface area contributed by atoms with E-state index in [1.165, 1.54) is 54.4 Å². The fourth-order valence-corrected chi connectivity index (χ4v) is 9.53. The Morgan fingerprint density at radius 3 is 2.18 bits per heavy atom. The highest BCUT2D eigenvalue weighted by Crippen LogP contribution is 2.45. The number of hydrogen-bond donors (Lipinski definition) is 0. The van der Waals surface area contributed by atoms with Crippen molar-refractivity contribution in [3.63, 3.8) is 0 Å². The molecule has 1 unspecified atom stereocenters. The van der Waals surface area contributed by atoms with Crippen LogP contribution in [0, 0.1) is 0 Å². The van der Waals surface area contributed by atoms with Crippen molar-refractivity contribution in [3.8, 4) is 11.1 Å². The van der Waals surface area contributed by atoms with E-state index in [0.717, 1.165) is 56.6 Å². The first-order chi connectivity index (χ1) is 27.6. The summed E-state index contributed by atoms with van der Waals surface area (Å²) in [7, 11) is 0. The molecule has 0 bridgehead atoms. The minimum Gasteiger partial charge on any atom is -0.456 e. The zero-order valence-corrected chi connectivity index (χ0v) is 30.9. The van der Waals surface area contributed by atoms with Gasteiger partial charge in [-0.05, 0) is 89.0 Å². The number of para-hydroxylation sites is 4. The molecule has 0 fully saturated rings. The molecule has 1 atom stereocenters. The molecule has 0 N–H and O–H groups in total. The second-order valence-electron chi connectivity index (χ2n) is 15.5. The van der Waals surface area contributed by atoms with Crippen molar-refractivity contribution in [2.75, 3.05) is 4.90 Å².